The Balaban J connectivity index is 2.45. The van der Waals surface area contributed by atoms with E-state index in [4.69, 9.17) is 4.74 Å². The van der Waals surface area contributed by atoms with Crippen LogP contribution >= 0.6 is 15.9 Å². The van der Waals surface area contributed by atoms with Crippen molar-refractivity contribution in [3.8, 4) is 0 Å². The predicted octanol–water partition coefficient (Wildman–Crippen LogP) is 2.68. The van der Waals surface area contributed by atoms with E-state index in [1.807, 2.05) is 20.8 Å². The van der Waals surface area contributed by atoms with Crippen molar-refractivity contribution in [2.24, 2.45) is 0 Å². The molecular weight excluding hydrogens is 284 g/mol. The Hall–Kier alpha value is -0.680. The summed E-state index contributed by atoms with van der Waals surface area (Å²) in [6, 6.07) is 0. The second kappa shape index (κ2) is 4.53. The molecular formula is C12H17BrN2O2. The molecule has 0 aromatic carbocycles. The molecule has 1 aliphatic carbocycles. The SMILES string of the molecule is CCOC(C)(C)c1nc(C2CC2)c(Br)c(=O)[nH]1. The predicted molar refractivity (Wildman–Crippen MR) is 69.2 cm³/mol. The molecule has 0 saturated heterocycles. The lowest BCUT2D eigenvalue weighted by Gasteiger charge is -2.24. The number of aromatic nitrogens is 2. The number of hydrogen-bond acceptors (Lipinski definition) is 3. The van der Waals surface area contributed by atoms with Crippen LogP contribution in [0.15, 0.2) is 9.27 Å². The molecule has 1 saturated carbocycles. The molecule has 2 rings (SSSR count). The molecule has 1 aromatic heterocycles. The van der Waals surface area contributed by atoms with Crippen LogP contribution in [0.5, 0.6) is 0 Å². The maximum absolute atomic E-state index is 11.8. The minimum atomic E-state index is -0.557. The number of nitrogens with zero attached hydrogens (tertiary/aromatic N) is 1. The summed E-state index contributed by atoms with van der Waals surface area (Å²) in [6.07, 6.45) is 2.23. The first-order chi connectivity index (χ1) is 7.95. The normalized spacial score (nSPS) is 16.2. The minimum Gasteiger partial charge on any atom is -0.368 e. The van der Waals surface area contributed by atoms with Crippen LogP contribution in [0, 0.1) is 0 Å². The molecule has 0 aliphatic heterocycles. The highest BCUT2D eigenvalue weighted by molar-refractivity contribution is 9.10. The van der Waals surface area contributed by atoms with Crippen LogP contribution in [0.2, 0.25) is 0 Å². The number of halogens is 1. The Morgan fingerprint density at radius 1 is 1.53 bits per heavy atom. The van der Waals surface area contributed by atoms with Gasteiger partial charge in [-0.2, -0.15) is 0 Å². The fraction of sp³-hybridized carbons (Fsp3) is 0.667. The highest BCUT2D eigenvalue weighted by Crippen LogP contribution is 2.41. The van der Waals surface area contributed by atoms with E-state index in [2.05, 4.69) is 25.9 Å². The molecule has 0 bridgehead atoms. The van der Waals surface area contributed by atoms with Gasteiger partial charge in [0.25, 0.3) is 5.56 Å². The summed E-state index contributed by atoms with van der Waals surface area (Å²) >= 11 is 3.31. The van der Waals surface area contributed by atoms with E-state index in [9.17, 15) is 4.79 Å². The summed E-state index contributed by atoms with van der Waals surface area (Å²) in [5, 5.41) is 0. The quantitative estimate of drug-likeness (QED) is 0.930. The van der Waals surface area contributed by atoms with Gasteiger partial charge in [0.05, 0.1) is 5.69 Å². The molecule has 0 radical (unpaired) electrons. The summed E-state index contributed by atoms with van der Waals surface area (Å²) in [5.41, 5.74) is 0.194. The van der Waals surface area contributed by atoms with Gasteiger partial charge in [-0.05, 0) is 49.5 Å². The molecule has 1 heterocycles. The lowest BCUT2D eigenvalue weighted by atomic mass is 10.1. The standard InChI is InChI=1S/C12H17BrN2O2/c1-4-17-12(2,3)11-14-9(7-5-6-7)8(13)10(16)15-11/h7H,4-6H2,1-3H3,(H,14,15,16). The molecule has 1 N–H and O–H groups in total. The van der Waals surface area contributed by atoms with Crippen molar-refractivity contribution >= 4 is 15.9 Å². The summed E-state index contributed by atoms with van der Waals surface area (Å²) in [7, 11) is 0. The number of nitrogens with one attached hydrogen (secondary N) is 1. The molecule has 1 aromatic rings. The van der Waals surface area contributed by atoms with Gasteiger partial charge in [-0.15, -0.1) is 0 Å². The van der Waals surface area contributed by atoms with Crippen LogP contribution in [0.4, 0.5) is 0 Å². The molecule has 5 heteroatoms. The Kier molecular flexibility index (Phi) is 3.41. The van der Waals surface area contributed by atoms with Crippen LogP contribution < -0.4 is 5.56 Å². The number of H-pyrrole nitrogens is 1. The van der Waals surface area contributed by atoms with Crippen molar-refractivity contribution in [3.05, 3.63) is 26.3 Å². The van der Waals surface area contributed by atoms with Crippen molar-refractivity contribution < 1.29 is 4.74 Å². The zero-order valence-electron chi connectivity index (χ0n) is 10.3. The third kappa shape index (κ3) is 2.60. The first kappa shape index (κ1) is 12.8. The van der Waals surface area contributed by atoms with Gasteiger partial charge in [-0.3, -0.25) is 4.79 Å². The van der Waals surface area contributed by atoms with Crippen LogP contribution in [0.25, 0.3) is 0 Å². The van der Waals surface area contributed by atoms with E-state index >= 15 is 0 Å². The molecule has 94 valence electrons. The molecule has 1 aliphatic rings. The second-order valence-electron chi connectivity index (χ2n) is 4.83. The first-order valence-electron chi connectivity index (χ1n) is 5.90. The van der Waals surface area contributed by atoms with E-state index in [1.165, 1.54) is 0 Å². The Morgan fingerprint density at radius 2 is 2.18 bits per heavy atom. The lowest BCUT2D eigenvalue weighted by Crippen LogP contribution is -2.29. The van der Waals surface area contributed by atoms with E-state index in [-0.39, 0.29) is 5.56 Å². The third-order valence-electron chi connectivity index (χ3n) is 2.93. The van der Waals surface area contributed by atoms with Crippen LogP contribution in [-0.4, -0.2) is 16.6 Å². The van der Waals surface area contributed by atoms with E-state index in [0.717, 1.165) is 18.5 Å². The van der Waals surface area contributed by atoms with Gasteiger partial charge < -0.3 is 9.72 Å². The van der Waals surface area contributed by atoms with Crippen molar-refractivity contribution in [3.63, 3.8) is 0 Å². The molecule has 4 nitrogen and oxygen atoms in total. The van der Waals surface area contributed by atoms with Gasteiger partial charge >= 0.3 is 0 Å². The number of ether oxygens (including phenoxy) is 1. The molecule has 0 spiro atoms. The van der Waals surface area contributed by atoms with Gasteiger partial charge in [-0.25, -0.2) is 4.98 Å². The van der Waals surface area contributed by atoms with Gasteiger partial charge in [0.2, 0.25) is 0 Å². The highest BCUT2D eigenvalue weighted by atomic mass is 79.9. The molecule has 0 atom stereocenters. The third-order valence-corrected chi connectivity index (χ3v) is 3.69. The van der Waals surface area contributed by atoms with Gasteiger partial charge in [0, 0.05) is 12.5 Å². The average Bonchev–Trinajstić information content (AvgIpc) is 3.05. The van der Waals surface area contributed by atoms with Gasteiger partial charge in [-0.1, -0.05) is 0 Å². The fourth-order valence-corrected chi connectivity index (χ4v) is 2.33. The maximum Gasteiger partial charge on any atom is 0.265 e. The highest BCUT2D eigenvalue weighted by Gasteiger charge is 2.32. The molecule has 0 amide bonds. The summed E-state index contributed by atoms with van der Waals surface area (Å²) in [4.78, 5) is 19.2. The van der Waals surface area contributed by atoms with E-state index in [0.29, 0.717) is 22.8 Å². The zero-order valence-corrected chi connectivity index (χ0v) is 11.9. The Bertz CT molecular complexity index is 478. The first-order valence-corrected chi connectivity index (χ1v) is 6.69. The Morgan fingerprint density at radius 3 is 2.71 bits per heavy atom. The van der Waals surface area contributed by atoms with Crippen LogP contribution in [0.3, 0.4) is 0 Å². The number of hydrogen-bond donors (Lipinski definition) is 1. The maximum atomic E-state index is 11.8. The minimum absolute atomic E-state index is 0.121. The zero-order chi connectivity index (χ0) is 12.6. The lowest BCUT2D eigenvalue weighted by molar-refractivity contribution is -0.0211. The second-order valence-corrected chi connectivity index (χ2v) is 5.62. The fourth-order valence-electron chi connectivity index (χ4n) is 1.82. The average molecular weight is 301 g/mol. The summed E-state index contributed by atoms with van der Waals surface area (Å²) < 4.78 is 6.18. The summed E-state index contributed by atoms with van der Waals surface area (Å²) in [6.45, 7) is 6.35. The molecule has 0 unspecified atom stereocenters. The van der Waals surface area contributed by atoms with Crippen molar-refractivity contribution in [2.45, 2.75) is 45.1 Å². The van der Waals surface area contributed by atoms with Crippen LogP contribution in [-0.2, 0) is 10.3 Å². The molecule has 17 heavy (non-hydrogen) atoms. The van der Waals surface area contributed by atoms with Crippen molar-refractivity contribution in [1.29, 1.82) is 0 Å². The van der Waals surface area contributed by atoms with Crippen LogP contribution in [0.1, 0.15) is 51.0 Å². The van der Waals surface area contributed by atoms with Crippen molar-refractivity contribution in [1.82, 2.24) is 9.97 Å². The van der Waals surface area contributed by atoms with Gasteiger partial charge in [0.1, 0.15) is 15.9 Å². The number of aromatic amines is 1. The Labute approximate surface area is 109 Å². The van der Waals surface area contributed by atoms with E-state index in [1.54, 1.807) is 0 Å². The topological polar surface area (TPSA) is 55.0 Å². The largest absolute Gasteiger partial charge is 0.368 e. The van der Waals surface area contributed by atoms with Crippen molar-refractivity contribution in [2.75, 3.05) is 6.61 Å². The smallest absolute Gasteiger partial charge is 0.265 e. The number of rotatable bonds is 4. The monoisotopic (exact) mass is 300 g/mol. The molecule has 1 fully saturated rings. The van der Waals surface area contributed by atoms with E-state index < -0.39 is 5.60 Å². The summed E-state index contributed by atoms with van der Waals surface area (Å²) in [5.74, 6) is 1.04. The van der Waals surface area contributed by atoms with Gasteiger partial charge in [0.15, 0.2) is 0 Å².